The fraction of sp³-hybridized carbons (Fsp3) is 0.0667. The van der Waals surface area contributed by atoms with Crippen LogP contribution in [0.1, 0.15) is 0 Å². The molecule has 3 rings (SSSR count). The summed E-state index contributed by atoms with van der Waals surface area (Å²) < 4.78 is 5.82. The first kappa shape index (κ1) is 12.2. The molecule has 3 aromatic rings. The first-order valence-electron chi connectivity index (χ1n) is 6.15. The number of rotatable bonds is 3. The van der Waals surface area contributed by atoms with Crippen molar-refractivity contribution in [3.8, 4) is 17.2 Å². The third kappa shape index (κ3) is 2.33. The minimum Gasteiger partial charge on any atom is -0.508 e. The van der Waals surface area contributed by atoms with Gasteiger partial charge in [0.05, 0.1) is 11.7 Å². The van der Waals surface area contributed by atoms with Crippen LogP contribution in [0.3, 0.4) is 0 Å². The van der Waals surface area contributed by atoms with E-state index < -0.39 is 0 Å². The largest absolute Gasteiger partial charge is 0.508 e. The highest BCUT2D eigenvalue weighted by molar-refractivity contribution is 5.86. The number of ether oxygens (including phenoxy) is 1. The van der Waals surface area contributed by atoms with Crippen molar-refractivity contribution in [2.45, 2.75) is 0 Å². The number of hydrogen-bond acceptors (Lipinski definition) is 5. The van der Waals surface area contributed by atoms with E-state index in [-0.39, 0.29) is 5.75 Å². The number of aromatic hydroxyl groups is 1. The number of anilines is 1. The van der Waals surface area contributed by atoms with Gasteiger partial charge in [0.15, 0.2) is 0 Å². The molecule has 0 aliphatic carbocycles. The third-order valence-corrected chi connectivity index (χ3v) is 2.91. The minimum atomic E-state index is 0.183. The molecule has 20 heavy (non-hydrogen) atoms. The molecular formula is C15H13N3O2. The van der Waals surface area contributed by atoms with Crippen molar-refractivity contribution in [3.05, 3.63) is 48.8 Å². The zero-order valence-electron chi connectivity index (χ0n) is 10.9. The Morgan fingerprint density at radius 2 is 2.00 bits per heavy atom. The molecule has 5 heteroatoms. The molecule has 1 aromatic carbocycles. The standard InChI is InChI=1S/C15H13N3O2/c1-16-15-5-3-11(9-18-15)20-14-6-7-17-13-8-10(19)2-4-12(13)14/h2-9,19H,1H3,(H,16,18). The summed E-state index contributed by atoms with van der Waals surface area (Å²) in [4.78, 5) is 8.40. The zero-order valence-corrected chi connectivity index (χ0v) is 10.9. The smallest absolute Gasteiger partial charge is 0.145 e. The van der Waals surface area contributed by atoms with E-state index in [1.165, 1.54) is 0 Å². The first-order valence-corrected chi connectivity index (χ1v) is 6.15. The number of nitrogens with one attached hydrogen (secondary N) is 1. The molecule has 0 aliphatic rings. The van der Waals surface area contributed by atoms with E-state index in [1.54, 1.807) is 36.7 Å². The van der Waals surface area contributed by atoms with Gasteiger partial charge in [0.2, 0.25) is 0 Å². The van der Waals surface area contributed by atoms with E-state index in [0.29, 0.717) is 17.0 Å². The van der Waals surface area contributed by atoms with E-state index in [1.807, 2.05) is 19.2 Å². The predicted octanol–water partition coefficient (Wildman–Crippen LogP) is 3.17. The second kappa shape index (κ2) is 5.05. The number of hydrogen-bond donors (Lipinski definition) is 2. The number of aromatic nitrogens is 2. The molecule has 5 nitrogen and oxygen atoms in total. The topological polar surface area (TPSA) is 67.3 Å². The summed E-state index contributed by atoms with van der Waals surface area (Å²) in [6.45, 7) is 0. The lowest BCUT2D eigenvalue weighted by Gasteiger charge is -2.09. The van der Waals surface area contributed by atoms with Crippen LogP contribution in [-0.2, 0) is 0 Å². The molecule has 0 aliphatic heterocycles. The van der Waals surface area contributed by atoms with Crippen LogP contribution in [0.5, 0.6) is 17.2 Å². The molecule has 0 amide bonds. The molecule has 0 fully saturated rings. The Hall–Kier alpha value is -2.82. The average Bonchev–Trinajstić information content (AvgIpc) is 2.48. The lowest BCUT2D eigenvalue weighted by Crippen LogP contribution is -1.92. The highest BCUT2D eigenvalue weighted by atomic mass is 16.5. The van der Waals surface area contributed by atoms with Crippen LogP contribution in [0.15, 0.2) is 48.8 Å². The molecule has 0 unspecified atom stereocenters. The van der Waals surface area contributed by atoms with Gasteiger partial charge in [0.1, 0.15) is 23.1 Å². The number of nitrogens with zero attached hydrogens (tertiary/aromatic N) is 2. The Kier molecular flexibility index (Phi) is 3.09. The van der Waals surface area contributed by atoms with Crippen LogP contribution in [0.4, 0.5) is 5.82 Å². The van der Waals surface area contributed by atoms with Crippen LogP contribution >= 0.6 is 0 Å². The van der Waals surface area contributed by atoms with Crippen LogP contribution < -0.4 is 10.1 Å². The SMILES string of the molecule is CNc1ccc(Oc2ccnc3cc(O)ccc23)cn1. The number of phenols is 1. The first-order chi connectivity index (χ1) is 9.76. The monoisotopic (exact) mass is 267 g/mol. The number of pyridine rings is 2. The van der Waals surface area contributed by atoms with Crippen LogP contribution in [0.2, 0.25) is 0 Å². The third-order valence-electron chi connectivity index (χ3n) is 2.91. The highest BCUT2D eigenvalue weighted by Crippen LogP contribution is 2.30. The van der Waals surface area contributed by atoms with Crippen LogP contribution in [-0.4, -0.2) is 22.1 Å². The van der Waals surface area contributed by atoms with Crippen molar-refractivity contribution < 1.29 is 9.84 Å². The van der Waals surface area contributed by atoms with E-state index in [0.717, 1.165) is 11.2 Å². The number of fused-ring (bicyclic) bond motifs is 1. The normalized spacial score (nSPS) is 10.4. The molecule has 2 heterocycles. The van der Waals surface area contributed by atoms with E-state index >= 15 is 0 Å². The zero-order chi connectivity index (χ0) is 13.9. The van der Waals surface area contributed by atoms with Crippen molar-refractivity contribution in [2.75, 3.05) is 12.4 Å². The van der Waals surface area contributed by atoms with Gasteiger partial charge in [-0.05, 0) is 30.3 Å². The van der Waals surface area contributed by atoms with Gasteiger partial charge in [-0.2, -0.15) is 0 Å². The van der Waals surface area contributed by atoms with Gasteiger partial charge in [-0.25, -0.2) is 4.98 Å². The molecule has 2 N–H and O–H groups in total. The van der Waals surface area contributed by atoms with Crippen molar-refractivity contribution >= 4 is 16.7 Å². The summed E-state index contributed by atoms with van der Waals surface area (Å²) in [6, 6.07) is 10.5. The van der Waals surface area contributed by atoms with Crippen LogP contribution in [0.25, 0.3) is 10.9 Å². The van der Waals surface area contributed by atoms with Crippen molar-refractivity contribution in [1.29, 1.82) is 0 Å². The molecule has 100 valence electrons. The molecule has 0 radical (unpaired) electrons. The van der Waals surface area contributed by atoms with Gasteiger partial charge in [-0.1, -0.05) is 0 Å². The maximum Gasteiger partial charge on any atom is 0.145 e. The number of benzene rings is 1. The van der Waals surface area contributed by atoms with E-state index in [9.17, 15) is 5.11 Å². The number of phenolic OH excluding ortho intramolecular Hbond substituents is 1. The van der Waals surface area contributed by atoms with Crippen molar-refractivity contribution in [2.24, 2.45) is 0 Å². The van der Waals surface area contributed by atoms with Gasteiger partial charge >= 0.3 is 0 Å². The second-order valence-corrected chi connectivity index (χ2v) is 4.24. The molecule has 0 spiro atoms. The summed E-state index contributed by atoms with van der Waals surface area (Å²) >= 11 is 0. The van der Waals surface area contributed by atoms with Crippen LogP contribution in [0, 0.1) is 0 Å². The van der Waals surface area contributed by atoms with Crippen molar-refractivity contribution in [1.82, 2.24) is 9.97 Å². The Morgan fingerprint density at radius 1 is 1.10 bits per heavy atom. The molecule has 2 aromatic heterocycles. The predicted molar refractivity (Wildman–Crippen MR) is 77.3 cm³/mol. The molecule has 0 atom stereocenters. The molecule has 0 saturated carbocycles. The highest BCUT2D eigenvalue weighted by Gasteiger charge is 2.05. The van der Waals surface area contributed by atoms with Gasteiger partial charge in [0.25, 0.3) is 0 Å². The van der Waals surface area contributed by atoms with Crippen molar-refractivity contribution in [3.63, 3.8) is 0 Å². The molecule has 0 saturated heterocycles. The minimum absolute atomic E-state index is 0.183. The molecular weight excluding hydrogens is 254 g/mol. The lowest BCUT2D eigenvalue weighted by atomic mass is 10.2. The summed E-state index contributed by atoms with van der Waals surface area (Å²) in [5, 5.41) is 13.3. The summed E-state index contributed by atoms with van der Waals surface area (Å²) in [7, 11) is 1.81. The maximum absolute atomic E-state index is 9.47. The van der Waals surface area contributed by atoms with E-state index in [4.69, 9.17) is 4.74 Å². The van der Waals surface area contributed by atoms with Gasteiger partial charge in [0, 0.05) is 24.7 Å². The molecule has 0 bridgehead atoms. The van der Waals surface area contributed by atoms with Gasteiger partial charge in [-0.15, -0.1) is 0 Å². The second-order valence-electron chi connectivity index (χ2n) is 4.24. The summed E-state index contributed by atoms with van der Waals surface area (Å²) in [5.74, 6) is 2.28. The Balaban J connectivity index is 1.97. The Labute approximate surface area is 115 Å². The Bertz CT molecular complexity index is 742. The Morgan fingerprint density at radius 3 is 2.75 bits per heavy atom. The summed E-state index contributed by atoms with van der Waals surface area (Å²) in [5.41, 5.74) is 0.683. The average molecular weight is 267 g/mol. The lowest BCUT2D eigenvalue weighted by molar-refractivity contribution is 0.475. The fourth-order valence-electron chi connectivity index (χ4n) is 1.91. The maximum atomic E-state index is 9.47. The van der Waals surface area contributed by atoms with Gasteiger partial charge < -0.3 is 15.2 Å². The summed E-state index contributed by atoms with van der Waals surface area (Å²) in [6.07, 6.45) is 3.30. The fourth-order valence-corrected chi connectivity index (χ4v) is 1.91. The van der Waals surface area contributed by atoms with Gasteiger partial charge in [-0.3, -0.25) is 4.98 Å². The quantitative estimate of drug-likeness (QED) is 0.763. The van der Waals surface area contributed by atoms with E-state index in [2.05, 4.69) is 15.3 Å².